The fraction of sp³-hybridized carbons (Fsp3) is 0.800. The maximum Gasteiger partial charge on any atom is 0.0852 e. The Kier molecular flexibility index (Phi) is 1.40. The van der Waals surface area contributed by atoms with Crippen LogP contribution < -0.4 is 0 Å². The Labute approximate surface area is 48.3 Å². The lowest BCUT2D eigenvalue weighted by atomic mass is 10.3. The SMILES string of the molecule is OC1CCCC1=S. The molecule has 0 aromatic heterocycles. The lowest BCUT2D eigenvalue weighted by molar-refractivity contribution is 0.244. The molecule has 7 heavy (non-hydrogen) atoms. The maximum atomic E-state index is 8.86. The molecule has 0 heterocycles. The van der Waals surface area contributed by atoms with Crippen LogP contribution in [0.25, 0.3) is 0 Å². The smallest absolute Gasteiger partial charge is 0.0852 e. The lowest BCUT2D eigenvalue weighted by Crippen LogP contribution is -2.08. The molecule has 1 N–H and O–H groups in total. The van der Waals surface area contributed by atoms with Crippen LogP contribution >= 0.6 is 12.2 Å². The van der Waals surface area contributed by atoms with Crippen LogP contribution in [0.1, 0.15) is 19.3 Å². The summed E-state index contributed by atoms with van der Waals surface area (Å²) in [5.41, 5.74) is 0. The average molecular weight is 116 g/mol. The number of thiocarbonyl (C=S) groups is 1. The summed E-state index contributed by atoms with van der Waals surface area (Å²) in [4.78, 5) is 0.847. The van der Waals surface area contributed by atoms with Crippen LogP contribution in [0, 0.1) is 0 Å². The zero-order valence-electron chi connectivity index (χ0n) is 4.05. The summed E-state index contributed by atoms with van der Waals surface area (Å²) in [5.74, 6) is 0. The van der Waals surface area contributed by atoms with Crippen molar-refractivity contribution in [3.05, 3.63) is 0 Å². The van der Waals surface area contributed by atoms with E-state index in [0.717, 1.165) is 24.1 Å². The fourth-order valence-corrected chi connectivity index (χ4v) is 1.06. The first-order valence-electron chi connectivity index (χ1n) is 2.51. The highest BCUT2D eigenvalue weighted by atomic mass is 32.1. The molecule has 0 spiro atoms. The Morgan fingerprint density at radius 3 is 2.57 bits per heavy atom. The number of aliphatic hydroxyl groups excluding tert-OH is 1. The van der Waals surface area contributed by atoms with Gasteiger partial charge in [0.2, 0.25) is 0 Å². The monoisotopic (exact) mass is 116 g/mol. The standard InChI is InChI=1S/C5H8OS/c6-4-2-1-3-5(4)7/h4,6H,1-3H2. The predicted molar refractivity (Wildman–Crippen MR) is 32.5 cm³/mol. The number of aliphatic hydroxyl groups is 1. The van der Waals surface area contributed by atoms with Crippen LogP contribution in [0.3, 0.4) is 0 Å². The molecule has 1 aliphatic carbocycles. The zero-order valence-corrected chi connectivity index (χ0v) is 4.87. The average Bonchev–Trinajstić information content (AvgIpc) is 1.91. The van der Waals surface area contributed by atoms with Gasteiger partial charge in [-0.2, -0.15) is 0 Å². The van der Waals surface area contributed by atoms with Crippen molar-refractivity contribution in [2.75, 3.05) is 0 Å². The number of rotatable bonds is 0. The third-order valence-corrected chi connectivity index (χ3v) is 1.75. The molecule has 1 nitrogen and oxygen atoms in total. The van der Waals surface area contributed by atoms with Crippen LogP contribution in [-0.2, 0) is 0 Å². The fourth-order valence-electron chi connectivity index (χ4n) is 0.797. The van der Waals surface area contributed by atoms with E-state index in [2.05, 4.69) is 0 Å². The number of hydrogen-bond acceptors (Lipinski definition) is 2. The van der Waals surface area contributed by atoms with Crippen molar-refractivity contribution in [1.29, 1.82) is 0 Å². The molecule has 1 rings (SSSR count). The van der Waals surface area contributed by atoms with Crippen molar-refractivity contribution in [3.63, 3.8) is 0 Å². The maximum absolute atomic E-state index is 8.86. The van der Waals surface area contributed by atoms with Gasteiger partial charge in [0.15, 0.2) is 0 Å². The molecule has 0 saturated heterocycles. The first-order chi connectivity index (χ1) is 3.30. The van der Waals surface area contributed by atoms with Gasteiger partial charge in [0, 0.05) is 4.86 Å². The minimum Gasteiger partial charge on any atom is -0.388 e. The quantitative estimate of drug-likeness (QED) is 0.474. The predicted octanol–water partition coefficient (Wildman–Crippen LogP) is 0.901. The van der Waals surface area contributed by atoms with E-state index in [0.29, 0.717) is 0 Å². The van der Waals surface area contributed by atoms with Gasteiger partial charge in [-0.05, 0) is 19.3 Å². The molecule has 2 heteroatoms. The second-order valence-corrected chi connectivity index (χ2v) is 2.40. The molecule has 0 amide bonds. The van der Waals surface area contributed by atoms with Gasteiger partial charge < -0.3 is 5.11 Å². The van der Waals surface area contributed by atoms with Crippen molar-refractivity contribution < 1.29 is 5.11 Å². The third-order valence-electron chi connectivity index (χ3n) is 1.27. The van der Waals surface area contributed by atoms with Gasteiger partial charge in [0.05, 0.1) is 6.10 Å². The summed E-state index contributed by atoms with van der Waals surface area (Å²) < 4.78 is 0. The van der Waals surface area contributed by atoms with Gasteiger partial charge >= 0.3 is 0 Å². The molecule has 0 aromatic rings. The molecule has 40 valence electrons. The Bertz CT molecular complexity index is 90.1. The van der Waals surface area contributed by atoms with E-state index >= 15 is 0 Å². The lowest BCUT2D eigenvalue weighted by Gasteiger charge is -1.94. The topological polar surface area (TPSA) is 20.2 Å². The number of hydrogen-bond donors (Lipinski definition) is 1. The second kappa shape index (κ2) is 1.88. The van der Waals surface area contributed by atoms with Gasteiger partial charge in [-0.1, -0.05) is 12.2 Å². The summed E-state index contributed by atoms with van der Waals surface area (Å²) in [5, 5.41) is 8.86. The highest BCUT2D eigenvalue weighted by Gasteiger charge is 2.16. The summed E-state index contributed by atoms with van der Waals surface area (Å²) in [7, 11) is 0. The largest absolute Gasteiger partial charge is 0.388 e. The molecular weight excluding hydrogens is 108 g/mol. The van der Waals surface area contributed by atoms with Crippen molar-refractivity contribution in [2.45, 2.75) is 25.4 Å². The van der Waals surface area contributed by atoms with Gasteiger partial charge in [-0.15, -0.1) is 0 Å². The van der Waals surface area contributed by atoms with Crippen LogP contribution in [0.5, 0.6) is 0 Å². The van der Waals surface area contributed by atoms with Gasteiger partial charge in [-0.25, -0.2) is 0 Å². The van der Waals surface area contributed by atoms with Crippen molar-refractivity contribution in [3.8, 4) is 0 Å². The molecule has 1 atom stereocenters. The molecule has 0 radical (unpaired) electrons. The molecule has 1 fully saturated rings. The highest BCUT2D eigenvalue weighted by molar-refractivity contribution is 7.80. The molecule has 1 aliphatic rings. The highest BCUT2D eigenvalue weighted by Crippen LogP contribution is 2.14. The molecule has 0 bridgehead atoms. The van der Waals surface area contributed by atoms with E-state index in [1.54, 1.807) is 0 Å². The van der Waals surface area contributed by atoms with Gasteiger partial charge in [0.1, 0.15) is 0 Å². The normalized spacial score (nSPS) is 31.6. The van der Waals surface area contributed by atoms with E-state index in [1.165, 1.54) is 0 Å². The van der Waals surface area contributed by atoms with E-state index in [-0.39, 0.29) is 6.10 Å². The van der Waals surface area contributed by atoms with Gasteiger partial charge in [-0.3, -0.25) is 0 Å². The Balaban J connectivity index is 2.48. The molecule has 1 unspecified atom stereocenters. The van der Waals surface area contributed by atoms with E-state index in [4.69, 9.17) is 17.3 Å². The summed E-state index contributed by atoms with van der Waals surface area (Å²) in [6, 6.07) is 0. The van der Waals surface area contributed by atoms with Crippen LogP contribution in [0.2, 0.25) is 0 Å². The molecule has 1 saturated carbocycles. The third kappa shape index (κ3) is 0.983. The summed E-state index contributed by atoms with van der Waals surface area (Å²) >= 11 is 4.79. The summed E-state index contributed by atoms with van der Waals surface area (Å²) in [6.45, 7) is 0. The Hall–Kier alpha value is 0.0500. The molecule has 0 aliphatic heterocycles. The van der Waals surface area contributed by atoms with Gasteiger partial charge in [0.25, 0.3) is 0 Å². The van der Waals surface area contributed by atoms with Crippen LogP contribution in [0.4, 0.5) is 0 Å². The van der Waals surface area contributed by atoms with Crippen molar-refractivity contribution in [1.82, 2.24) is 0 Å². The zero-order chi connectivity index (χ0) is 5.28. The first kappa shape index (κ1) is 5.19. The van der Waals surface area contributed by atoms with Crippen molar-refractivity contribution >= 4 is 17.1 Å². The summed E-state index contributed by atoms with van der Waals surface area (Å²) in [6.07, 6.45) is 2.67. The second-order valence-electron chi connectivity index (χ2n) is 1.87. The first-order valence-corrected chi connectivity index (χ1v) is 2.92. The minimum absolute atomic E-state index is 0.255. The Morgan fingerprint density at radius 1 is 1.71 bits per heavy atom. The van der Waals surface area contributed by atoms with Crippen LogP contribution in [-0.4, -0.2) is 16.1 Å². The van der Waals surface area contributed by atoms with E-state index < -0.39 is 0 Å². The van der Waals surface area contributed by atoms with Crippen LogP contribution in [0.15, 0.2) is 0 Å². The molecule has 0 aromatic carbocycles. The minimum atomic E-state index is -0.255. The molecular formula is C5H8OS. The van der Waals surface area contributed by atoms with E-state index in [9.17, 15) is 0 Å². The van der Waals surface area contributed by atoms with Crippen molar-refractivity contribution in [2.24, 2.45) is 0 Å². The Morgan fingerprint density at radius 2 is 2.43 bits per heavy atom. The van der Waals surface area contributed by atoms with E-state index in [1.807, 2.05) is 0 Å².